The lowest BCUT2D eigenvalue weighted by Gasteiger charge is -2.13. The van der Waals surface area contributed by atoms with Gasteiger partial charge in [0.1, 0.15) is 5.75 Å². The van der Waals surface area contributed by atoms with E-state index in [2.05, 4.69) is 41.8 Å². The fourth-order valence-electron chi connectivity index (χ4n) is 3.35. The lowest BCUT2D eigenvalue weighted by Crippen LogP contribution is -2.20. The van der Waals surface area contributed by atoms with Crippen LogP contribution >= 0.6 is 0 Å². The van der Waals surface area contributed by atoms with E-state index in [1.807, 2.05) is 55.5 Å². The van der Waals surface area contributed by atoms with E-state index in [9.17, 15) is 0 Å². The molecular weight excluding hydrogens is 346 g/mol. The Bertz CT molecular complexity index is 964. The van der Waals surface area contributed by atoms with Gasteiger partial charge in [-0.15, -0.1) is 0 Å². The van der Waals surface area contributed by atoms with Gasteiger partial charge < -0.3 is 4.74 Å². The number of nitrogens with zero attached hydrogens (tertiary/aromatic N) is 2. The van der Waals surface area contributed by atoms with Crippen molar-refractivity contribution >= 4 is 17.1 Å². The van der Waals surface area contributed by atoms with Crippen LogP contribution in [0.4, 0.5) is 5.69 Å². The van der Waals surface area contributed by atoms with Gasteiger partial charge >= 0.3 is 0 Å². The Morgan fingerprint density at radius 2 is 1.61 bits per heavy atom. The van der Waals surface area contributed by atoms with Gasteiger partial charge in [0.05, 0.1) is 30.3 Å². The Hall–Kier alpha value is -3.40. The van der Waals surface area contributed by atoms with Crippen LogP contribution in [0.15, 0.2) is 95.0 Å². The first kappa shape index (κ1) is 18.0. The van der Waals surface area contributed by atoms with Crippen molar-refractivity contribution in [3.05, 3.63) is 96.1 Å². The van der Waals surface area contributed by atoms with Crippen LogP contribution in [-0.4, -0.2) is 24.6 Å². The quantitative estimate of drug-likeness (QED) is 0.612. The molecule has 0 saturated heterocycles. The zero-order valence-electron chi connectivity index (χ0n) is 15.9. The highest BCUT2D eigenvalue weighted by atomic mass is 16.5. The number of anilines is 1. The summed E-state index contributed by atoms with van der Waals surface area (Å²) in [5.74, 6) is 1.00. The minimum Gasteiger partial charge on any atom is -0.494 e. The predicted molar refractivity (Wildman–Crippen MR) is 116 cm³/mol. The van der Waals surface area contributed by atoms with Crippen LogP contribution in [0.5, 0.6) is 5.75 Å². The van der Waals surface area contributed by atoms with Gasteiger partial charge in [0.25, 0.3) is 0 Å². The number of rotatable bonds is 6. The van der Waals surface area contributed by atoms with Crippen LogP contribution < -0.4 is 10.2 Å². The molecule has 4 rings (SSSR count). The minimum atomic E-state index is 0.145. The topological polar surface area (TPSA) is 46.0 Å². The minimum absolute atomic E-state index is 0.145. The van der Waals surface area contributed by atoms with Crippen LogP contribution in [0.25, 0.3) is 0 Å². The number of ether oxygens (including phenoxy) is 1. The van der Waals surface area contributed by atoms with Gasteiger partial charge in [-0.1, -0.05) is 60.7 Å². The second-order valence-electron chi connectivity index (χ2n) is 6.58. The Balaban J connectivity index is 1.63. The average molecular weight is 369 g/mol. The maximum absolute atomic E-state index is 5.51. The summed E-state index contributed by atoms with van der Waals surface area (Å²) in [6, 6.07) is 28.5. The molecule has 0 aromatic heterocycles. The van der Waals surface area contributed by atoms with Gasteiger partial charge in [-0.3, -0.25) is 10.4 Å². The highest BCUT2D eigenvalue weighted by Gasteiger charge is 2.29. The number of nitrogens with one attached hydrogen (secondary N) is 1. The molecule has 140 valence electrons. The fourth-order valence-corrected chi connectivity index (χ4v) is 3.35. The molecule has 0 fully saturated rings. The molecule has 3 aromatic rings. The second-order valence-corrected chi connectivity index (χ2v) is 6.58. The van der Waals surface area contributed by atoms with Gasteiger partial charge in [0.2, 0.25) is 0 Å². The molecule has 1 unspecified atom stereocenters. The van der Waals surface area contributed by atoms with E-state index in [1.54, 1.807) is 0 Å². The van der Waals surface area contributed by atoms with Gasteiger partial charge in [-0.05, 0) is 36.8 Å². The fraction of sp³-hybridized carbons (Fsp3) is 0.167. The maximum atomic E-state index is 5.51. The van der Waals surface area contributed by atoms with Crippen molar-refractivity contribution in [3.63, 3.8) is 0 Å². The van der Waals surface area contributed by atoms with Crippen LogP contribution in [0.2, 0.25) is 0 Å². The summed E-state index contributed by atoms with van der Waals surface area (Å²) in [5, 5.41) is 4.78. The molecule has 4 nitrogen and oxygen atoms in total. The molecule has 0 bridgehead atoms. The van der Waals surface area contributed by atoms with Gasteiger partial charge in [-0.2, -0.15) is 5.10 Å². The van der Waals surface area contributed by atoms with Crippen LogP contribution in [0.1, 0.15) is 24.0 Å². The smallest absolute Gasteiger partial charge is 0.119 e. The summed E-state index contributed by atoms with van der Waals surface area (Å²) in [4.78, 5) is 4.82. The standard InChI is InChI=1S/C24H23N3O/c1-2-28-21-15-13-20(14-16-21)26-27-24-22(18-9-5-3-6-10-18)17-25-23(24)19-11-7-4-8-12-19/h3-16,22,26H,2,17H2,1H3. The molecular formula is C24H23N3O. The summed E-state index contributed by atoms with van der Waals surface area (Å²) in [6.45, 7) is 3.34. The molecule has 1 aliphatic heterocycles. The van der Waals surface area contributed by atoms with E-state index >= 15 is 0 Å². The second kappa shape index (κ2) is 8.53. The zero-order valence-corrected chi connectivity index (χ0v) is 15.9. The Kier molecular flexibility index (Phi) is 5.48. The molecule has 1 aliphatic rings. The van der Waals surface area contributed by atoms with E-state index in [1.165, 1.54) is 5.56 Å². The van der Waals surface area contributed by atoms with Crippen molar-refractivity contribution in [1.29, 1.82) is 0 Å². The van der Waals surface area contributed by atoms with E-state index in [-0.39, 0.29) is 5.92 Å². The molecule has 28 heavy (non-hydrogen) atoms. The van der Waals surface area contributed by atoms with Crippen molar-refractivity contribution < 1.29 is 4.74 Å². The number of hydrogen-bond acceptors (Lipinski definition) is 4. The van der Waals surface area contributed by atoms with Crippen LogP contribution in [-0.2, 0) is 0 Å². The van der Waals surface area contributed by atoms with E-state index in [0.29, 0.717) is 13.2 Å². The third-order valence-corrected chi connectivity index (χ3v) is 4.72. The summed E-state index contributed by atoms with van der Waals surface area (Å²) in [5.41, 5.74) is 8.36. The SMILES string of the molecule is CCOc1ccc(NN=C2C(c3ccccc3)=NCC2c2ccccc2)cc1. The van der Waals surface area contributed by atoms with Crippen molar-refractivity contribution in [2.45, 2.75) is 12.8 Å². The molecule has 4 heteroatoms. The number of hydrogen-bond donors (Lipinski definition) is 1. The largest absolute Gasteiger partial charge is 0.494 e. The van der Waals surface area contributed by atoms with E-state index < -0.39 is 0 Å². The number of benzene rings is 3. The molecule has 1 atom stereocenters. The van der Waals surface area contributed by atoms with E-state index in [0.717, 1.165) is 28.4 Å². The first-order valence-corrected chi connectivity index (χ1v) is 9.57. The Morgan fingerprint density at radius 1 is 0.929 bits per heavy atom. The molecule has 0 aliphatic carbocycles. The molecule has 1 N–H and O–H groups in total. The van der Waals surface area contributed by atoms with E-state index in [4.69, 9.17) is 14.8 Å². The molecule has 1 heterocycles. The lowest BCUT2D eigenvalue weighted by atomic mass is 9.92. The van der Waals surface area contributed by atoms with Crippen molar-refractivity contribution in [1.82, 2.24) is 0 Å². The normalized spacial score (nSPS) is 17.4. The average Bonchev–Trinajstić information content (AvgIpc) is 3.19. The third-order valence-electron chi connectivity index (χ3n) is 4.72. The van der Waals surface area contributed by atoms with Gasteiger partial charge in [0.15, 0.2) is 0 Å². The maximum Gasteiger partial charge on any atom is 0.119 e. The third kappa shape index (κ3) is 3.96. The summed E-state index contributed by atoms with van der Waals surface area (Å²) >= 11 is 0. The van der Waals surface area contributed by atoms with Crippen molar-refractivity contribution in [2.24, 2.45) is 10.1 Å². The van der Waals surface area contributed by atoms with Crippen LogP contribution in [0, 0.1) is 0 Å². The zero-order chi connectivity index (χ0) is 19.2. The summed E-state index contributed by atoms with van der Waals surface area (Å²) in [6.07, 6.45) is 0. The molecule has 0 radical (unpaired) electrons. The highest BCUT2D eigenvalue weighted by molar-refractivity contribution is 6.51. The Labute approximate surface area is 165 Å². The predicted octanol–water partition coefficient (Wildman–Crippen LogP) is 5.14. The van der Waals surface area contributed by atoms with Crippen LogP contribution in [0.3, 0.4) is 0 Å². The lowest BCUT2D eigenvalue weighted by molar-refractivity contribution is 0.340. The van der Waals surface area contributed by atoms with Gasteiger partial charge in [-0.25, -0.2) is 0 Å². The highest BCUT2D eigenvalue weighted by Crippen LogP contribution is 2.27. The summed E-state index contributed by atoms with van der Waals surface area (Å²) in [7, 11) is 0. The first-order chi connectivity index (χ1) is 13.8. The number of aliphatic imine (C=N–C) groups is 1. The Morgan fingerprint density at radius 3 is 2.29 bits per heavy atom. The first-order valence-electron chi connectivity index (χ1n) is 9.57. The van der Waals surface area contributed by atoms with Gasteiger partial charge in [0, 0.05) is 11.5 Å². The summed E-state index contributed by atoms with van der Waals surface area (Å²) < 4.78 is 5.51. The molecule has 3 aromatic carbocycles. The number of hydrazone groups is 1. The molecule has 0 saturated carbocycles. The molecule has 0 spiro atoms. The monoisotopic (exact) mass is 369 g/mol. The van der Waals surface area contributed by atoms with Crippen molar-refractivity contribution in [2.75, 3.05) is 18.6 Å². The molecule has 0 amide bonds. The van der Waals surface area contributed by atoms with Crippen molar-refractivity contribution in [3.8, 4) is 5.75 Å².